The Hall–Kier alpha value is -1.16. The molecule has 0 amide bonds. The third-order valence-electron chi connectivity index (χ3n) is 4.45. The number of rotatable bonds is 3. The first kappa shape index (κ1) is 13.8. The number of aryl methyl sites for hydroxylation is 2. The molecule has 0 aromatic carbocycles. The zero-order valence-electron chi connectivity index (χ0n) is 12.0. The van der Waals surface area contributed by atoms with Gasteiger partial charge in [0.25, 0.3) is 0 Å². The molecule has 3 rings (SSSR count). The highest BCUT2D eigenvalue weighted by molar-refractivity contribution is 7.80. The largest absolute Gasteiger partial charge is 0.474 e. The fourth-order valence-electron chi connectivity index (χ4n) is 3.36. The number of ether oxygens (including phenoxy) is 1. The van der Waals surface area contributed by atoms with E-state index in [-0.39, 0.29) is 6.10 Å². The summed E-state index contributed by atoms with van der Waals surface area (Å²) in [6, 6.07) is 2.10. The van der Waals surface area contributed by atoms with Crippen LogP contribution in [0.3, 0.4) is 0 Å². The summed E-state index contributed by atoms with van der Waals surface area (Å²) in [4.78, 5) is 5.10. The Morgan fingerprint density at radius 3 is 2.95 bits per heavy atom. The SMILES string of the molecule is CC1CCCC(Oc2nc3c(cc2C(N)=S)CCC3)C1. The molecule has 3 nitrogen and oxygen atoms in total. The maximum atomic E-state index is 6.16. The number of hydrogen-bond acceptors (Lipinski definition) is 3. The third kappa shape index (κ3) is 2.80. The first-order valence-electron chi connectivity index (χ1n) is 7.62. The van der Waals surface area contributed by atoms with Crippen molar-refractivity contribution in [3.8, 4) is 5.88 Å². The van der Waals surface area contributed by atoms with Gasteiger partial charge in [0, 0.05) is 5.69 Å². The second kappa shape index (κ2) is 5.68. The normalized spacial score (nSPS) is 25.2. The molecule has 0 radical (unpaired) electrons. The van der Waals surface area contributed by atoms with E-state index in [1.54, 1.807) is 0 Å². The average Bonchev–Trinajstić information content (AvgIpc) is 2.84. The van der Waals surface area contributed by atoms with Crippen LogP contribution in [0, 0.1) is 5.92 Å². The molecule has 0 spiro atoms. The van der Waals surface area contributed by atoms with Gasteiger partial charge in [-0.1, -0.05) is 25.6 Å². The summed E-state index contributed by atoms with van der Waals surface area (Å²) in [7, 11) is 0. The molecule has 2 aliphatic rings. The molecule has 2 aliphatic carbocycles. The molecule has 0 aliphatic heterocycles. The minimum Gasteiger partial charge on any atom is -0.474 e. The molecule has 1 aromatic heterocycles. The molecule has 2 N–H and O–H groups in total. The van der Waals surface area contributed by atoms with Gasteiger partial charge in [-0.25, -0.2) is 4.98 Å². The minimum atomic E-state index is 0.263. The summed E-state index contributed by atoms with van der Waals surface area (Å²) in [6.07, 6.45) is 8.32. The van der Waals surface area contributed by atoms with E-state index in [2.05, 4.69) is 13.0 Å². The van der Waals surface area contributed by atoms with E-state index < -0.39 is 0 Å². The molecule has 1 saturated carbocycles. The molecule has 1 heterocycles. The zero-order valence-corrected chi connectivity index (χ0v) is 12.8. The van der Waals surface area contributed by atoms with Crippen molar-refractivity contribution in [1.29, 1.82) is 0 Å². The van der Waals surface area contributed by atoms with Crippen molar-refractivity contribution in [2.24, 2.45) is 11.7 Å². The van der Waals surface area contributed by atoms with Gasteiger partial charge in [-0.2, -0.15) is 0 Å². The molecular weight excluding hydrogens is 268 g/mol. The molecule has 1 aromatic rings. The standard InChI is InChI=1S/C16H22N2OS/c1-10-4-2-6-12(8-10)19-16-13(15(17)20)9-11-5-3-7-14(11)18-16/h9-10,12H,2-8H2,1H3,(H2,17,20). The highest BCUT2D eigenvalue weighted by Gasteiger charge is 2.24. The Labute approximate surface area is 125 Å². The number of hydrogen-bond donors (Lipinski definition) is 1. The van der Waals surface area contributed by atoms with E-state index in [1.807, 2.05) is 0 Å². The van der Waals surface area contributed by atoms with Crippen molar-refractivity contribution < 1.29 is 4.74 Å². The van der Waals surface area contributed by atoms with Gasteiger partial charge < -0.3 is 10.5 Å². The Kier molecular flexibility index (Phi) is 3.92. The van der Waals surface area contributed by atoms with Gasteiger partial charge in [-0.3, -0.25) is 0 Å². The quantitative estimate of drug-likeness (QED) is 0.869. The predicted molar refractivity (Wildman–Crippen MR) is 84.2 cm³/mol. The Bertz CT molecular complexity index is 529. The van der Waals surface area contributed by atoms with Gasteiger partial charge in [0.1, 0.15) is 11.1 Å². The van der Waals surface area contributed by atoms with E-state index >= 15 is 0 Å². The van der Waals surface area contributed by atoms with Gasteiger partial charge in [-0.05, 0) is 56.1 Å². The van der Waals surface area contributed by atoms with Gasteiger partial charge >= 0.3 is 0 Å². The van der Waals surface area contributed by atoms with Crippen molar-refractivity contribution in [2.75, 3.05) is 0 Å². The molecule has 108 valence electrons. The minimum absolute atomic E-state index is 0.263. The van der Waals surface area contributed by atoms with E-state index in [0.717, 1.165) is 37.2 Å². The lowest BCUT2D eigenvalue weighted by atomic mass is 9.89. The van der Waals surface area contributed by atoms with Crippen LogP contribution in [0.4, 0.5) is 0 Å². The smallest absolute Gasteiger partial charge is 0.224 e. The maximum Gasteiger partial charge on any atom is 0.224 e. The van der Waals surface area contributed by atoms with Crippen molar-refractivity contribution >= 4 is 17.2 Å². The van der Waals surface area contributed by atoms with Crippen molar-refractivity contribution in [2.45, 2.75) is 58.0 Å². The van der Waals surface area contributed by atoms with Crippen molar-refractivity contribution in [3.05, 3.63) is 22.9 Å². The van der Waals surface area contributed by atoms with Crippen LogP contribution in [-0.4, -0.2) is 16.1 Å². The van der Waals surface area contributed by atoms with Crippen LogP contribution in [-0.2, 0) is 12.8 Å². The highest BCUT2D eigenvalue weighted by Crippen LogP contribution is 2.31. The molecule has 2 atom stereocenters. The lowest BCUT2D eigenvalue weighted by molar-refractivity contribution is 0.123. The van der Waals surface area contributed by atoms with Gasteiger partial charge in [0.2, 0.25) is 5.88 Å². The van der Waals surface area contributed by atoms with Crippen LogP contribution in [0.5, 0.6) is 5.88 Å². The molecule has 2 unspecified atom stereocenters. The molecular formula is C16H22N2OS. The van der Waals surface area contributed by atoms with E-state index in [0.29, 0.717) is 10.9 Å². The fraction of sp³-hybridized carbons (Fsp3) is 0.625. The van der Waals surface area contributed by atoms with E-state index in [4.69, 9.17) is 27.7 Å². The van der Waals surface area contributed by atoms with E-state index in [9.17, 15) is 0 Å². The lowest BCUT2D eigenvalue weighted by Gasteiger charge is -2.27. The number of fused-ring (bicyclic) bond motifs is 1. The summed E-state index contributed by atoms with van der Waals surface area (Å²) in [5, 5.41) is 0. The summed E-state index contributed by atoms with van der Waals surface area (Å²) in [5.41, 5.74) is 9.13. The average molecular weight is 290 g/mol. The monoisotopic (exact) mass is 290 g/mol. The Morgan fingerprint density at radius 1 is 1.35 bits per heavy atom. The summed E-state index contributed by atoms with van der Waals surface area (Å²) < 4.78 is 6.16. The summed E-state index contributed by atoms with van der Waals surface area (Å²) in [5.74, 6) is 1.40. The predicted octanol–water partition coefficient (Wildman–Crippen LogP) is 3.16. The number of nitrogens with zero attached hydrogens (tertiary/aromatic N) is 1. The first-order chi connectivity index (χ1) is 9.63. The molecule has 4 heteroatoms. The Morgan fingerprint density at radius 2 is 2.20 bits per heavy atom. The van der Waals surface area contributed by atoms with Crippen molar-refractivity contribution in [1.82, 2.24) is 4.98 Å². The van der Waals surface area contributed by atoms with Crippen LogP contribution in [0.1, 0.15) is 55.8 Å². The molecule has 0 saturated heterocycles. The summed E-state index contributed by atoms with van der Waals surface area (Å²) in [6.45, 7) is 2.29. The molecule has 0 bridgehead atoms. The Balaban J connectivity index is 1.86. The van der Waals surface area contributed by atoms with Gasteiger partial charge in [0.05, 0.1) is 5.56 Å². The van der Waals surface area contributed by atoms with Crippen LogP contribution < -0.4 is 10.5 Å². The van der Waals surface area contributed by atoms with Gasteiger partial charge in [0.15, 0.2) is 0 Å². The number of pyridine rings is 1. The number of thiocarbonyl (C=S) groups is 1. The third-order valence-corrected chi connectivity index (χ3v) is 4.67. The first-order valence-corrected chi connectivity index (χ1v) is 8.03. The topological polar surface area (TPSA) is 48.1 Å². The lowest BCUT2D eigenvalue weighted by Crippen LogP contribution is -2.26. The summed E-state index contributed by atoms with van der Waals surface area (Å²) >= 11 is 5.17. The highest BCUT2D eigenvalue weighted by atomic mass is 32.1. The van der Waals surface area contributed by atoms with Crippen LogP contribution in [0.2, 0.25) is 0 Å². The maximum absolute atomic E-state index is 6.16. The molecule has 1 fully saturated rings. The zero-order chi connectivity index (χ0) is 14.1. The van der Waals surface area contributed by atoms with Crippen LogP contribution >= 0.6 is 12.2 Å². The fourth-order valence-corrected chi connectivity index (χ4v) is 3.51. The number of aromatic nitrogens is 1. The second-order valence-corrected chi connectivity index (χ2v) is 6.62. The van der Waals surface area contributed by atoms with E-state index in [1.165, 1.54) is 30.5 Å². The second-order valence-electron chi connectivity index (χ2n) is 6.18. The number of nitrogens with two attached hydrogens (primary N) is 1. The van der Waals surface area contributed by atoms with Crippen LogP contribution in [0.25, 0.3) is 0 Å². The van der Waals surface area contributed by atoms with Crippen LogP contribution in [0.15, 0.2) is 6.07 Å². The van der Waals surface area contributed by atoms with Crippen molar-refractivity contribution in [3.63, 3.8) is 0 Å². The molecule has 20 heavy (non-hydrogen) atoms. The van der Waals surface area contributed by atoms with Gasteiger partial charge in [-0.15, -0.1) is 0 Å².